The van der Waals surface area contributed by atoms with Crippen LogP contribution in [0, 0.1) is 6.92 Å². The molecule has 2 aromatic carbocycles. The minimum atomic E-state index is -0.989. The SMILES string of the molecule is Cc1ccc(-c2cnc(CCC(=O)O[C@@H](C)C(=O)Nc3ccc(Cl)cc3Cl)o2)cc1. The number of ether oxygens (including phenoxy) is 1. The van der Waals surface area contributed by atoms with Gasteiger partial charge in [0, 0.05) is 17.0 Å². The number of rotatable bonds is 7. The lowest BCUT2D eigenvalue weighted by atomic mass is 10.1. The fourth-order valence-electron chi connectivity index (χ4n) is 2.62. The molecular formula is C22H20Cl2N2O4. The van der Waals surface area contributed by atoms with Gasteiger partial charge in [-0.1, -0.05) is 53.0 Å². The molecule has 1 amide bonds. The summed E-state index contributed by atoms with van der Waals surface area (Å²) in [5.74, 6) is 0.0267. The topological polar surface area (TPSA) is 81.4 Å². The van der Waals surface area contributed by atoms with Crippen LogP contribution in [0.4, 0.5) is 5.69 Å². The lowest BCUT2D eigenvalue weighted by Crippen LogP contribution is -2.30. The molecule has 30 heavy (non-hydrogen) atoms. The minimum absolute atomic E-state index is 0.0349. The highest BCUT2D eigenvalue weighted by Gasteiger charge is 2.19. The molecule has 156 valence electrons. The Morgan fingerprint density at radius 3 is 2.60 bits per heavy atom. The highest BCUT2D eigenvalue weighted by Crippen LogP contribution is 2.25. The molecule has 1 N–H and O–H groups in total. The molecule has 0 aliphatic carbocycles. The third-order valence-electron chi connectivity index (χ3n) is 4.30. The summed E-state index contributed by atoms with van der Waals surface area (Å²) in [6, 6.07) is 12.5. The van der Waals surface area contributed by atoms with Crippen molar-refractivity contribution in [3.05, 3.63) is 70.2 Å². The second-order valence-electron chi connectivity index (χ2n) is 6.73. The molecule has 1 aromatic heterocycles. The Morgan fingerprint density at radius 1 is 1.17 bits per heavy atom. The van der Waals surface area contributed by atoms with Gasteiger partial charge in [-0.25, -0.2) is 4.98 Å². The second kappa shape index (κ2) is 9.78. The average Bonchev–Trinajstić information content (AvgIpc) is 3.18. The Balaban J connectivity index is 1.49. The van der Waals surface area contributed by atoms with Gasteiger partial charge >= 0.3 is 5.97 Å². The van der Waals surface area contributed by atoms with Crippen LogP contribution in [0.15, 0.2) is 53.1 Å². The zero-order valence-corrected chi connectivity index (χ0v) is 18.0. The fourth-order valence-corrected chi connectivity index (χ4v) is 3.08. The molecule has 3 rings (SSSR count). The van der Waals surface area contributed by atoms with Gasteiger partial charge in [0.05, 0.1) is 23.3 Å². The number of hydrogen-bond donors (Lipinski definition) is 1. The third kappa shape index (κ3) is 5.84. The molecule has 0 bridgehead atoms. The molecule has 0 unspecified atom stereocenters. The van der Waals surface area contributed by atoms with E-state index in [2.05, 4.69) is 10.3 Å². The van der Waals surface area contributed by atoms with Crippen LogP contribution in [0.25, 0.3) is 11.3 Å². The van der Waals surface area contributed by atoms with E-state index >= 15 is 0 Å². The van der Waals surface area contributed by atoms with Gasteiger partial charge in [0.1, 0.15) is 0 Å². The van der Waals surface area contributed by atoms with E-state index < -0.39 is 18.0 Å². The van der Waals surface area contributed by atoms with Gasteiger partial charge in [0.25, 0.3) is 5.91 Å². The van der Waals surface area contributed by atoms with Crippen LogP contribution < -0.4 is 5.32 Å². The monoisotopic (exact) mass is 446 g/mol. The summed E-state index contributed by atoms with van der Waals surface area (Å²) in [6.07, 6.45) is 0.934. The Bertz CT molecular complexity index is 1050. The number of aryl methyl sites for hydroxylation is 2. The number of carbonyl (C=O) groups is 2. The van der Waals surface area contributed by atoms with Crippen molar-refractivity contribution in [3.8, 4) is 11.3 Å². The van der Waals surface area contributed by atoms with Gasteiger partial charge in [-0.15, -0.1) is 0 Å². The molecule has 3 aromatic rings. The van der Waals surface area contributed by atoms with Crippen molar-refractivity contribution in [1.29, 1.82) is 0 Å². The van der Waals surface area contributed by atoms with E-state index in [9.17, 15) is 9.59 Å². The van der Waals surface area contributed by atoms with Crippen molar-refractivity contribution in [1.82, 2.24) is 4.98 Å². The number of esters is 1. The summed E-state index contributed by atoms with van der Waals surface area (Å²) in [5.41, 5.74) is 2.45. The summed E-state index contributed by atoms with van der Waals surface area (Å²) in [7, 11) is 0. The normalized spacial score (nSPS) is 11.7. The molecule has 6 nitrogen and oxygen atoms in total. The molecular weight excluding hydrogens is 427 g/mol. The van der Waals surface area contributed by atoms with E-state index in [4.69, 9.17) is 32.4 Å². The van der Waals surface area contributed by atoms with Crippen LogP contribution in [0.2, 0.25) is 10.0 Å². The zero-order valence-electron chi connectivity index (χ0n) is 16.4. The summed E-state index contributed by atoms with van der Waals surface area (Å²) in [5, 5.41) is 3.35. The van der Waals surface area contributed by atoms with Crippen molar-refractivity contribution < 1.29 is 18.7 Å². The smallest absolute Gasteiger partial charge is 0.307 e. The zero-order chi connectivity index (χ0) is 21.7. The summed E-state index contributed by atoms with van der Waals surface area (Å²) in [4.78, 5) is 28.5. The molecule has 0 radical (unpaired) electrons. The maximum Gasteiger partial charge on any atom is 0.307 e. The van der Waals surface area contributed by atoms with E-state index in [1.807, 2.05) is 31.2 Å². The summed E-state index contributed by atoms with van der Waals surface area (Å²) >= 11 is 11.9. The molecule has 0 fully saturated rings. The van der Waals surface area contributed by atoms with E-state index in [1.54, 1.807) is 18.3 Å². The number of aromatic nitrogens is 1. The first-order valence-electron chi connectivity index (χ1n) is 9.29. The van der Waals surface area contributed by atoms with Gasteiger partial charge < -0.3 is 14.5 Å². The quantitative estimate of drug-likeness (QED) is 0.487. The van der Waals surface area contributed by atoms with Crippen molar-refractivity contribution in [2.24, 2.45) is 0 Å². The average molecular weight is 447 g/mol. The predicted octanol–water partition coefficient (Wildman–Crippen LogP) is 5.46. The number of nitrogens with one attached hydrogen (secondary N) is 1. The van der Waals surface area contributed by atoms with Crippen LogP contribution >= 0.6 is 23.2 Å². The molecule has 0 aliphatic rings. The van der Waals surface area contributed by atoms with Crippen LogP contribution in [0.5, 0.6) is 0 Å². The first-order valence-corrected chi connectivity index (χ1v) is 10.0. The molecule has 1 heterocycles. The highest BCUT2D eigenvalue weighted by atomic mass is 35.5. The van der Waals surface area contributed by atoms with Crippen molar-refractivity contribution in [3.63, 3.8) is 0 Å². The standard InChI is InChI=1S/C22H20Cl2N2O4/c1-13-3-5-15(6-4-13)19-12-25-20(30-19)9-10-21(27)29-14(2)22(28)26-18-8-7-16(23)11-17(18)24/h3-8,11-12,14H,9-10H2,1-2H3,(H,26,28)/t14-/m0/s1. The Morgan fingerprint density at radius 2 is 1.90 bits per heavy atom. The number of amides is 1. The van der Waals surface area contributed by atoms with Crippen LogP contribution in [0.3, 0.4) is 0 Å². The van der Waals surface area contributed by atoms with Gasteiger partial charge in [0.15, 0.2) is 17.8 Å². The number of benzene rings is 2. The third-order valence-corrected chi connectivity index (χ3v) is 4.85. The van der Waals surface area contributed by atoms with Crippen molar-refractivity contribution >= 4 is 40.8 Å². The second-order valence-corrected chi connectivity index (χ2v) is 7.57. The number of hydrogen-bond acceptors (Lipinski definition) is 5. The number of oxazole rings is 1. The first kappa shape index (κ1) is 21.9. The molecule has 0 aliphatic heterocycles. The van der Waals surface area contributed by atoms with Crippen LogP contribution in [0.1, 0.15) is 24.8 Å². The van der Waals surface area contributed by atoms with Crippen LogP contribution in [-0.2, 0) is 20.7 Å². The van der Waals surface area contributed by atoms with Gasteiger partial charge in [-0.2, -0.15) is 0 Å². The van der Waals surface area contributed by atoms with Gasteiger partial charge in [-0.05, 0) is 32.0 Å². The van der Waals surface area contributed by atoms with E-state index in [1.165, 1.54) is 13.0 Å². The lowest BCUT2D eigenvalue weighted by molar-refractivity contribution is -0.153. The van der Waals surface area contributed by atoms with Crippen molar-refractivity contribution in [2.45, 2.75) is 32.8 Å². The molecule has 0 saturated heterocycles. The number of carbonyl (C=O) groups excluding carboxylic acids is 2. The highest BCUT2D eigenvalue weighted by molar-refractivity contribution is 6.36. The van der Waals surface area contributed by atoms with Crippen molar-refractivity contribution in [2.75, 3.05) is 5.32 Å². The van der Waals surface area contributed by atoms with Gasteiger partial charge in [0.2, 0.25) is 0 Å². The van der Waals surface area contributed by atoms with Gasteiger partial charge in [-0.3, -0.25) is 9.59 Å². The van der Waals surface area contributed by atoms with E-state index in [-0.39, 0.29) is 12.8 Å². The Labute approximate surface area is 184 Å². The number of anilines is 1. The summed E-state index contributed by atoms with van der Waals surface area (Å²) < 4.78 is 10.9. The van der Waals surface area contributed by atoms with E-state index in [0.29, 0.717) is 27.4 Å². The lowest BCUT2D eigenvalue weighted by Gasteiger charge is -2.14. The molecule has 8 heteroatoms. The largest absolute Gasteiger partial charge is 0.453 e. The number of halogens is 2. The summed E-state index contributed by atoms with van der Waals surface area (Å²) in [6.45, 7) is 3.49. The van der Waals surface area contributed by atoms with E-state index in [0.717, 1.165) is 11.1 Å². The molecule has 0 saturated carbocycles. The van der Waals surface area contributed by atoms with Crippen LogP contribution in [-0.4, -0.2) is 23.0 Å². The molecule has 0 spiro atoms. The predicted molar refractivity (Wildman–Crippen MR) is 116 cm³/mol. The maximum atomic E-state index is 12.2. The fraction of sp³-hybridized carbons (Fsp3) is 0.227. The number of nitrogens with zero attached hydrogens (tertiary/aromatic N) is 1. The minimum Gasteiger partial charge on any atom is -0.453 e. The Hall–Kier alpha value is -2.83. The first-order chi connectivity index (χ1) is 14.3. The Kier molecular flexibility index (Phi) is 7.13. The molecule has 1 atom stereocenters. The maximum absolute atomic E-state index is 12.2.